The molecule has 0 spiro atoms. The molecule has 0 amide bonds. The van der Waals surface area contributed by atoms with Gasteiger partial charge in [-0.05, 0) is 48.6 Å². The third-order valence-electron chi connectivity index (χ3n) is 4.78. The van der Waals surface area contributed by atoms with E-state index in [9.17, 15) is 4.21 Å². The molecule has 0 heterocycles. The maximum Gasteiger partial charge on any atom is 0.0357 e. The van der Waals surface area contributed by atoms with Gasteiger partial charge in [-0.2, -0.15) is 0 Å². The summed E-state index contributed by atoms with van der Waals surface area (Å²) in [6.07, 6.45) is 6.94. The van der Waals surface area contributed by atoms with Gasteiger partial charge in [-0.3, -0.25) is 4.21 Å². The fourth-order valence-electron chi connectivity index (χ4n) is 3.85. The monoisotopic (exact) mass is 277 g/mol. The summed E-state index contributed by atoms with van der Waals surface area (Å²) in [6.45, 7) is 0.900. The molecule has 104 valence electrons. The van der Waals surface area contributed by atoms with Crippen LogP contribution in [0, 0.1) is 11.8 Å². The Labute approximate surface area is 118 Å². The molecule has 1 aromatic carbocycles. The second-order valence-electron chi connectivity index (χ2n) is 6.03. The Hall–Kier alpha value is -0.670. The lowest BCUT2D eigenvalue weighted by Gasteiger charge is -2.23. The Balaban J connectivity index is 1.70. The van der Waals surface area contributed by atoms with E-state index in [1.54, 1.807) is 17.4 Å². The lowest BCUT2D eigenvalue weighted by Crippen LogP contribution is -2.39. The van der Waals surface area contributed by atoms with Crippen molar-refractivity contribution in [3.63, 3.8) is 0 Å². The first kappa shape index (κ1) is 13.3. The lowest BCUT2D eigenvalue weighted by atomic mass is 9.94. The van der Waals surface area contributed by atoms with E-state index in [1.165, 1.54) is 25.7 Å². The van der Waals surface area contributed by atoms with Crippen molar-refractivity contribution in [2.75, 3.05) is 18.6 Å². The number of fused-ring (bicyclic) bond motifs is 3. The summed E-state index contributed by atoms with van der Waals surface area (Å²) in [5.41, 5.74) is 3.11. The van der Waals surface area contributed by atoms with Gasteiger partial charge in [0.1, 0.15) is 0 Å². The zero-order chi connectivity index (χ0) is 13.2. The summed E-state index contributed by atoms with van der Waals surface area (Å²) >= 11 is 0. The number of rotatable bonds is 4. The van der Waals surface area contributed by atoms with Gasteiger partial charge in [0.15, 0.2) is 0 Å². The van der Waals surface area contributed by atoms with Gasteiger partial charge >= 0.3 is 0 Å². The summed E-state index contributed by atoms with van der Waals surface area (Å²) in [5, 5.41) is 3.70. The number of nitrogens with one attached hydrogen (secondary N) is 1. The summed E-state index contributed by atoms with van der Waals surface area (Å²) < 4.78 is 11.2. The molecular weight excluding hydrogens is 254 g/mol. The molecule has 3 heteroatoms. The van der Waals surface area contributed by atoms with Crippen LogP contribution < -0.4 is 5.32 Å². The van der Waals surface area contributed by atoms with Crippen molar-refractivity contribution in [2.45, 2.75) is 31.7 Å². The van der Waals surface area contributed by atoms with E-state index in [4.69, 9.17) is 0 Å². The molecule has 1 N–H and O–H groups in total. The standard InChI is InChI=1S/C16H23NOS/c1-19(18)9-8-17-16-14-6-7-15(16)11-13-5-3-2-4-12(13)10-14/h2-5,14-17H,6-11H2,1H3. The van der Waals surface area contributed by atoms with Gasteiger partial charge in [-0.15, -0.1) is 0 Å². The highest BCUT2D eigenvalue weighted by Gasteiger charge is 2.38. The molecular formula is C16H23NOS. The molecule has 1 saturated carbocycles. The fourth-order valence-corrected chi connectivity index (χ4v) is 4.26. The maximum absolute atomic E-state index is 11.2. The Morgan fingerprint density at radius 3 is 2.26 bits per heavy atom. The van der Waals surface area contributed by atoms with Crippen LogP contribution in [0.1, 0.15) is 24.0 Å². The molecule has 0 aromatic heterocycles. The SMILES string of the molecule is CS(=O)CCNC1C2CCC1Cc1ccccc1C2. The lowest BCUT2D eigenvalue weighted by molar-refractivity contribution is 0.349. The smallest absolute Gasteiger partial charge is 0.0357 e. The van der Waals surface area contributed by atoms with E-state index in [0.29, 0.717) is 6.04 Å². The van der Waals surface area contributed by atoms with Crippen molar-refractivity contribution >= 4 is 10.8 Å². The van der Waals surface area contributed by atoms with Crippen molar-refractivity contribution in [1.82, 2.24) is 5.32 Å². The zero-order valence-electron chi connectivity index (χ0n) is 11.6. The second-order valence-corrected chi connectivity index (χ2v) is 7.59. The Bertz CT molecular complexity index is 441. The van der Waals surface area contributed by atoms with E-state index >= 15 is 0 Å². The highest BCUT2D eigenvalue weighted by atomic mass is 32.2. The third kappa shape index (κ3) is 2.92. The number of hydrogen-bond donors (Lipinski definition) is 1. The van der Waals surface area contributed by atoms with E-state index in [-0.39, 0.29) is 0 Å². The third-order valence-corrected chi connectivity index (χ3v) is 5.56. The number of benzene rings is 1. The van der Waals surface area contributed by atoms with Crippen molar-refractivity contribution in [3.8, 4) is 0 Å². The van der Waals surface area contributed by atoms with Crippen LogP contribution in [0.3, 0.4) is 0 Å². The van der Waals surface area contributed by atoms with Gasteiger partial charge < -0.3 is 5.32 Å². The highest BCUT2D eigenvalue weighted by Crippen LogP contribution is 2.39. The second kappa shape index (κ2) is 5.76. The molecule has 2 aliphatic rings. The van der Waals surface area contributed by atoms with Crippen molar-refractivity contribution < 1.29 is 4.21 Å². The predicted molar refractivity (Wildman–Crippen MR) is 80.8 cm³/mol. The summed E-state index contributed by atoms with van der Waals surface area (Å²) in [6, 6.07) is 9.57. The van der Waals surface area contributed by atoms with E-state index in [0.717, 1.165) is 24.1 Å². The summed E-state index contributed by atoms with van der Waals surface area (Å²) in [5.74, 6) is 2.33. The van der Waals surface area contributed by atoms with Crippen LogP contribution >= 0.6 is 0 Å². The molecule has 2 bridgehead atoms. The molecule has 2 nitrogen and oxygen atoms in total. The largest absolute Gasteiger partial charge is 0.312 e. The molecule has 3 unspecified atom stereocenters. The van der Waals surface area contributed by atoms with E-state index < -0.39 is 10.8 Å². The van der Waals surface area contributed by atoms with Crippen LogP contribution in [0.25, 0.3) is 0 Å². The first-order chi connectivity index (χ1) is 9.24. The van der Waals surface area contributed by atoms with Crippen molar-refractivity contribution in [1.29, 1.82) is 0 Å². The van der Waals surface area contributed by atoms with Crippen LogP contribution in [0.15, 0.2) is 24.3 Å². The number of hydrogen-bond acceptors (Lipinski definition) is 2. The van der Waals surface area contributed by atoms with Crippen molar-refractivity contribution in [3.05, 3.63) is 35.4 Å². The molecule has 19 heavy (non-hydrogen) atoms. The van der Waals surface area contributed by atoms with Gasteiger partial charge in [0.05, 0.1) is 0 Å². The minimum absolute atomic E-state index is 0.635. The minimum Gasteiger partial charge on any atom is -0.312 e. The summed E-state index contributed by atoms with van der Waals surface area (Å²) in [4.78, 5) is 0. The highest BCUT2D eigenvalue weighted by molar-refractivity contribution is 7.84. The Kier molecular flexibility index (Phi) is 4.04. The first-order valence-corrected chi connectivity index (χ1v) is 9.07. The topological polar surface area (TPSA) is 29.1 Å². The molecule has 0 aliphatic heterocycles. The molecule has 3 atom stereocenters. The minimum atomic E-state index is -0.679. The Morgan fingerprint density at radius 1 is 1.16 bits per heavy atom. The van der Waals surface area contributed by atoms with Gasteiger partial charge in [-0.1, -0.05) is 24.3 Å². The molecule has 3 rings (SSSR count). The molecule has 1 fully saturated rings. The van der Waals surface area contributed by atoms with Crippen LogP contribution in [0.5, 0.6) is 0 Å². The van der Waals surface area contributed by atoms with Crippen LogP contribution in [-0.2, 0) is 23.6 Å². The molecule has 1 aromatic rings. The van der Waals surface area contributed by atoms with E-state index in [1.807, 2.05) is 0 Å². The quantitative estimate of drug-likeness (QED) is 0.913. The molecule has 0 radical (unpaired) electrons. The van der Waals surface area contributed by atoms with E-state index in [2.05, 4.69) is 29.6 Å². The average Bonchev–Trinajstić information content (AvgIpc) is 2.65. The Morgan fingerprint density at radius 2 is 1.74 bits per heavy atom. The van der Waals surface area contributed by atoms with Gasteiger partial charge in [0.2, 0.25) is 0 Å². The van der Waals surface area contributed by atoms with Gasteiger partial charge in [0.25, 0.3) is 0 Å². The van der Waals surface area contributed by atoms with Gasteiger partial charge in [-0.25, -0.2) is 0 Å². The average molecular weight is 277 g/mol. The normalized spacial score (nSPS) is 30.7. The molecule has 0 saturated heterocycles. The maximum atomic E-state index is 11.2. The van der Waals surface area contributed by atoms with Gasteiger partial charge in [0, 0.05) is 35.4 Å². The fraction of sp³-hybridized carbons (Fsp3) is 0.625. The van der Waals surface area contributed by atoms with Crippen LogP contribution in [0.2, 0.25) is 0 Å². The van der Waals surface area contributed by atoms with Crippen molar-refractivity contribution in [2.24, 2.45) is 11.8 Å². The first-order valence-electron chi connectivity index (χ1n) is 7.34. The predicted octanol–water partition coefficient (Wildman–Crippen LogP) is 2.15. The zero-order valence-corrected chi connectivity index (χ0v) is 12.4. The van der Waals surface area contributed by atoms with Crippen LogP contribution in [-0.4, -0.2) is 28.8 Å². The molecule has 2 aliphatic carbocycles. The van der Waals surface area contributed by atoms with Crippen LogP contribution in [0.4, 0.5) is 0 Å². The summed E-state index contributed by atoms with van der Waals surface area (Å²) in [7, 11) is -0.679.